The molecule has 30 heteroatoms. The molecule has 1 aromatic heterocycles. The number of hydrogen-bond donors (Lipinski definition) is 10. The highest BCUT2D eigenvalue weighted by Gasteiger charge is 2.39. The van der Waals surface area contributed by atoms with Gasteiger partial charge in [-0.3, -0.25) is 4.98 Å². The van der Waals surface area contributed by atoms with Gasteiger partial charge < -0.3 is 108 Å². The predicted molar refractivity (Wildman–Crippen MR) is 478 cm³/mol. The lowest BCUT2D eigenvalue weighted by molar-refractivity contribution is -0.137. The molecule has 0 saturated heterocycles. The maximum absolute atomic E-state index is 13.1. The highest BCUT2D eigenvalue weighted by atomic mass is 19.4. The number of halogens is 3. The Hall–Kier alpha value is -15.4. The van der Waals surface area contributed by atoms with Crippen molar-refractivity contribution in [2.45, 2.75) is 92.4 Å². The minimum absolute atomic E-state index is 0.0547. The van der Waals surface area contributed by atoms with Gasteiger partial charge in [0.2, 0.25) is 27.2 Å². The van der Waals surface area contributed by atoms with E-state index in [1.165, 1.54) is 12.1 Å². The monoisotopic (exact) mass is 1800 g/mol. The zero-order valence-corrected chi connectivity index (χ0v) is 70.6. The number of carbonyl (C=O) groups is 4. The summed E-state index contributed by atoms with van der Waals surface area (Å²) in [6.07, 6.45) is -1.08. The highest BCUT2D eigenvalue weighted by Crippen LogP contribution is 2.54. The number of cyclic esters (lactones) is 4. The van der Waals surface area contributed by atoms with Gasteiger partial charge in [-0.25, -0.2) is 19.2 Å². The van der Waals surface area contributed by atoms with E-state index in [0.717, 1.165) is 111 Å². The molecule has 0 bridgehead atoms. The van der Waals surface area contributed by atoms with Crippen molar-refractivity contribution in [2.75, 3.05) is 37.8 Å². The molecule has 0 spiro atoms. The van der Waals surface area contributed by atoms with Crippen molar-refractivity contribution >= 4 is 89.7 Å². The molecule has 8 aliphatic rings. The first-order valence-electron chi connectivity index (χ1n) is 42.1. The molecule has 0 radical (unpaired) electrons. The van der Waals surface area contributed by atoms with Gasteiger partial charge in [0.05, 0.1) is 92.0 Å². The van der Waals surface area contributed by atoms with Gasteiger partial charge in [0.25, 0.3) is 0 Å². The lowest BCUT2D eigenvalue weighted by atomic mass is 9.83. The Balaban J connectivity index is 0.000000111. The summed E-state index contributed by atoms with van der Waals surface area (Å²) >= 11 is 0. The van der Waals surface area contributed by atoms with Crippen LogP contribution in [0, 0.1) is 6.92 Å². The summed E-state index contributed by atoms with van der Waals surface area (Å²) in [5, 5.41) is 92.1. The van der Waals surface area contributed by atoms with Crippen LogP contribution in [0.15, 0.2) is 200 Å². The minimum atomic E-state index is -4.48. The Morgan fingerprint density at radius 2 is 0.571 bits per heavy atom. The number of nitrogens with one attached hydrogen (secondary N) is 2. The average Bonchev–Trinajstić information content (AvgIpc) is 1.55. The molecular formula is C103H78F3N3O24. The number of esters is 4. The van der Waals surface area contributed by atoms with Gasteiger partial charge in [0.1, 0.15) is 26.4 Å². The van der Waals surface area contributed by atoms with Crippen LogP contribution in [0.4, 0.5) is 35.9 Å². The molecule has 133 heavy (non-hydrogen) atoms. The first-order chi connectivity index (χ1) is 64.8. The number of nitrogens with zero attached hydrogens (tertiary/aromatic N) is 1. The number of aliphatic hydroxyl groups excluding tert-OH is 8. The van der Waals surface area contributed by atoms with Gasteiger partial charge >= 0.3 is 30.1 Å². The molecule has 14 aromatic carbocycles. The molecule has 8 aliphatic heterocycles. The Labute approximate surface area is 753 Å². The van der Waals surface area contributed by atoms with Crippen molar-refractivity contribution < 1.29 is 130 Å². The molecule has 0 amide bonds. The van der Waals surface area contributed by atoms with Crippen molar-refractivity contribution in [3.8, 4) is 102 Å². The number of hydrogen-bond acceptors (Lipinski definition) is 27. The maximum atomic E-state index is 13.1. The van der Waals surface area contributed by atoms with Crippen molar-refractivity contribution in [3.05, 3.63) is 301 Å². The molecule has 10 N–H and O–H groups in total. The zero-order chi connectivity index (χ0) is 91.8. The average molecular weight is 1800 g/mol. The van der Waals surface area contributed by atoms with Gasteiger partial charge in [0.15, 0.2) is 46.0 Å². The van der Waals surface area contributed by atoms with Crippen molar-refractivity contribution in [3.63, 3.8) is 0 Å². The number of rotatable bonds is 17. The highest BCUT2D eigenvalue weighted by molar-refractivity contribution is 6.20. The molecule has 23 rings (SSSR count). The number of aryl methyl sites for hydroxylation is 1. The van der Waals surface area contributed by atoms with Crippen LogP contribution in [0.5, 0.6) is 46.0 Å². The van der Waals surface area contributed by atoms with Gasteiger partial charge in [-0.1, -0.05) is 42.5 Å². The van der Waals surface area contributed by atoms with Crippen molar-refractivity contribution in [1.29, 1.82) is 0 Å². The van der Waals surface area contributed by atoms with E-state index in [0.29, 0.717) is 163 Å². The number of aliphatic hydroxyl groups is 8. The summed E-state index contributed by atoms with van der Waals surface area (Å²) in [6.45, 7) is 0.954. The van der Waals surface area contributed by atoms with Crippen LogP contribution in [0.25, 0.3) is 98.7 Å². The SMILES string of the molecule is Cc1c2c(c(-c3ccc4c(c3)OCO4)c3cc(CO)c(CO)cc13)C(=O)OC2.O=C1OCc2c1c(-c1ccc3c(c1)OCO3)c1cc(CO)c(CO)cc1c2-c1ccncc1.O=C1OCc2c1c(-c1ccc3c(c1)OCO3)c1cc(CO)c(CO)cc1c2Nc1ccc(C(F)(F)F)cc1.O=C1OCc2c1c(-c1ccc3c(c1)OCO3)c1cc(CO)c(CO)cc1c2Nc1ccccc1. The van der Waals surface area contributed by atoms with E-state index in [1.807, 2.05) is 140 Å². The number of alkyl halides is 3. The van der Waals surface area contributed by atoms with Crippen molar-refractivity contribution in [2.24, 2.45) is 0 Å². The molecule has 9 heterocycles. The Morgan fingerprint density at radius 3 is 0.925 bits per heavy atom. The van der Waals surface area contributed by atoms with E-state index in [4.69, 9.17) is 56.8 Å². The Morgan fingerprint density at radius 1 is 0.286 bits per heavy atom. The summed E-state index contributed by atoms with van der Waals surface area (Å²) in [5.41, 5.74) is 19.4. The number of ether oxygens (including phenoxy) is 12. The topological polar surface area (TPSA) is 378 Å². The van der Waals surface area contributed by atoms with Crippen molar-refractivity contribution in [1.82, 2.24) is 4.98 Å². The van der Waals surface area contributed by atoms with Gasteiger partial charge in [0, 0.05) is 79.0 Å². The fourth-order valence-corrected chi connectivity index (χ4v) is 18.5. The fourth-order valence-electron chi connectivity index (χ4n) is 18.5. The number of aromatic nitrogens is 1. The Kier molecular flexibility index (Phi) is 22.6. The number of anilines is 4. The molecule has 27 nitrogen and oxygen atoms in total. The molecule has 0 saturated carbocycles. The summed E-state index contributed by atoms with van der Waals surface area (Å²) < 4.78 is 105. The summed E-state index contributed by atoms with van der Waals surface area (Å²) in [5.74, 6) is 3.16. The second kappa shape index (κ2) is 35.1. The minimum Gasteiger partial charge on any atom is -0.457 e. The maximum Gasteiger partial charge on any atom is 0.416 e. The third-order valence-corrected chi connectivity index (χ3v) is 24.9. The van der Waals surface area contributed by atoms with Crippen LogP contribution in [0.1, 0.15) is 119 Å². The van der Waals surface area contributed by atoms with E-state index in [1.54, 1.807) is 42.7 Å². The van der Waals surface area contributed by atoms with Crippen LogP contribution in [-0.4, -0.2) is 96.9 Å². The van der Waals surface area contributed by atoms with E-state index in [2.05, 4.69) is 15.6 Å². The largest absolute Gasteiger partial charge is 0.457 e. The lowest BCUT2D eigenvalue weighted by Crippen LogP contribution is -2.06. The molecule has 0 unspecified atom stereocenters. The summed E-state index contributed by atoms with van der Waals surface area (Å²) in [4.78, 5) is 55.8. The third-order valence-electron chi connectivity index (χ3n) is 24.9. The third kappa shape index (κ3) is 15.3. The predicted octanol–water partition coefficient (Wildman–Crippen LogP) is 17.4. The normalized spacial score (nSPS) is 14.0. The molecule has 0 fully saturated rings. The van der Waals surface area contributed by atoms with E-state index in [9.17, 15) is 73.2 Å². The molecule has 15 aromatic rings. The smallest absolute Gasteiger partial charge is 0.416 e. The lowest BCUT2D eigenvalue weighted by Gasteiger charge is -2.20. The number of benzene rings is 14. The number of carbonyl (C=O) groups excluding carboxylic acids is 4. The number of pyridine rings is 1. The van der Waals surface area contributed by atoms with Gasteiger partial charge in [-0.15, -0.1) is 0 Å². The Bertz CT molecular complexity index is 7360. The summed E-state index contributed by atoms with van der Waals surface area (Å²) in [7, 11) is 0. The second-order valence-electron chi connectivity index (χ2n) is 32.1. The van der Waals surface area contributed by atoms with Crippen LogP contribution in [0.2, 0.25) is 0 Å². The van der Waals surface area contributed by atoms with Gasteiger partial charge in [-0.05, 0) is 268 Å². The van der Waals surface area contributed by atoms with Crippen LogP contribution < -0.4 is 48.5 Å². The second-order valence-corrected chi connectivity index (χ2v) is 32.1. The number of fused-ring (bicyclic) bond motifs is 12. The molecular weight excluding hydrogens is 1720 g/mol. The quantitative estimate of drug-likeness (QED) is 0.0299. The fraction of sp³-hybridized carbons (Fsp3) is 0.175. The van der Waals surface area contributed by atoms with E-state index in [-0.39, 0.29) is 112 Å². The molecule has 0 aliphatic carbocycles. The first-order valence-corrected chi connectivity index (χ1v) is 42.1. The zero-order valence-electron chi connectivity index (χ0n) is 70.6. The number of para-hydroxylation sites is 1. The molecule has 670 valence electrons. The van der Waals surface area contributed by atoms with Crippen LogP contribution >= 0.6 is 0 Å². The van der Waals surface area contributed by atoms with Crippen LogP contribution in [-0.2, 0) is 104 Å². The molecule has 0 atom stereocenters. The first kappa shape index (κ1) is 85.7. The summed E-state index contributed by atoms with van der Waals surface area (Å²) in [6, 6.07) is 54.5. The van der Waals surface area contributed by atoms with E-state index < -0.39 is 29.6 Å². The van der Waals surface area contributed by atoms with Gasteiger partial charge in [-0.2, -0.15) is 13.2 Å². The van der Waals surface area contributed by atoms with Crippen LogP contribution in [0.3, 0.4) is 0 Å². The van der Waals surface area contributed by atoms with E-state index >= 15 is 0 Å². The standard InChI is InChI=1S/C28H20F3NO6.C27H21NO6.C26H19NO6.C22H18O6/c29-28(30,31)17-2-4-18(5-3-17)32-26-20-8-16(11-34)15(10-33)7-19(20)24(25-21(26)12-36-27(25)35)14-1-6-22-23(9-14)38-13-37-22;29-11-16-8-19-20(9-17(16)12-30)26(28-18-4-2-1-3-5-18)21-13-32-27(31)25(21)24(19)15-6-7-22-23(10-15)34-14-33-22;28-10-16-7-18-19(8-17(16)11-29)24(15-1-2-21-22(9-15)33-13-32-21)25-20(12-31-26(25)30)23(18)14-3-5-27-6-4-14;1-11-15-4-13(7-23)14(8-24)5-16(15)20(21-17(11)9-26-22(21)25)12-2-3-18-19(6-12)28-10-27-18/h1-9,32-34H,10-13H2;1-10,28-30H,11-14H2;1-9,28-29H,10-13H2;2-6,23-24H,7-10H2,1H3.